The van der Waals surface area contributed by atoms with Crippen molar-refractivity contribution in [3.8, 4) is 17.2 Å². The lowest BCUT2D eigenvalue weighted by Gasteiger charge is -2.54. The number of ketones is 1. The fourth-order valence-corrected chi connectivity index (χ4v) is 4.61. The Balaban J connectivity index is 1.99. The van der Waals surface area contributed by atoms with Crippen LogP contribution in [0.25, 0.3) is 6.08 Å². The zero-order valence-corrected chi connectivity index (χ0v) is 22.2. The van der Waals surface area contributed by atoms with Gasteiger partial charge in [0.1, 0.15) is 12.1 Å². The number of esters is 2. The Morgan fingerprint density at radius 2 is 1.50 bits per heavy atom. The molecule has 4 rings (SSSR count). The van der Waals surface area contributed by atoms with E-state index >= 15 is 0 Å². The second kappa shape index (κ2) is 10.6. The highest BCUT2D eigenvalue weighted by Gasteiger charge is 2.54. The molecule has 1 aromatic rings. The Morgan fingerprint density at radius 1 is 0.944 bits per heavy atom. The molecule has 3 aliphatic rings. The lowest BCUT2D eigenvalue weighted by Crippen LogP contribution is -2.52. The van der Waals surface area contributed by atoms with Crippen molar-refractivity contribution < 1.29 is 28.6 Å². The van der Waals surface area contributed by atoms with E-state index in [0.29, 0.717) is 11.5 Å². The van der Waals surface area contributed by atoms with Crippen molar-refractivity contribution in [2.75, 3.05) is 7.11 Å². The van der Waals surface area contributed by atoms with Crippen molar-refractivity contribution in [3.05, 3.63) is 35.4 Å². The summed E-state index contributed by atoms with van der Waals surface area (Å²) < 4.78 is 16.6. The molecule has 0 spiro atoms. The van der Waals surface area contributed by atoms with Crippen LogP contribution in [-0.2, 0) is 14.4 Å². The first kappa shape index (κ1) is 27.6. The molecular formula is C28H38N2O6. The molecule has 36 heavy (non-hydrogen) atoms. The largest absolute Gasteiger partial charge is 0.493 e. The molecule has 1 aromatic carbocycles. The smallest absolute Gasteiger partial charge is 0.328 e. The third-order valence-corrected chi connectivity index (χ3v) is 7.45. The van der Waals surface area contributed by atoms with Gasteiger partial charge in [-0.25, -0.2) is 9.59 Å². The van der Waals surface area contributed by atoms with Crippen LogP contribution < -0.4 is 25.7 Å². The number of hydrogen-bond donors (Lipinski definition) is 2. The Labute approximate surface area is 213 Å². The minimum absolute atomic E-state index is 0.00264. The molecule has 3 aliphatic carbocycles. The van der Waals surface area contributed by atoms with Gasteiger partial charge in [-0.05, 0) is 58.9 Å². The average Bonchev–Trinajstić information content (AvgIpc) is 2.81. The number of carbonyl (C=O) groups is 3. The minimum atomic E-state index is -0.874. The Morgan fingerprint density at radius 3 is 2.00 bits per heavy atom. The number of methoxy groups -OCH3 is 1. The highest BCUT2D eigenvalue weighted by molar-refractivity contribution is 5.96. The standard InChI is InChI=1S/C28H38N2O6/c1-14(2)23(29)26(32)35-22-11-16(8-9-17-12-20(31)19-13-18(17)28(19,5)6)10-21(34-7)25(22)36-27(33)24(30)15(3)4/h8-12,14-15,18-19,23-24H,13,29-30H2,1-7H3/b9-8+/t18-,19+,23?,24?/m0/s1. The van der Waals surface area contributed by atoms with Gasteiger partial charge in [-0.1, -0.05) is 53.7 Å². The monoisotopic (exact) mass is 498 g/mol. The number of allylic oxidation sites excluding steroid dienone is 3. The molecule has 8 heteroatoms. The van der Waals surface area contributed by atoms with Crippen LogP contribution in [0.1, 0.15) is 53.5 Å². The molecule has 2 unspecified atom stereocenters. The van der Waals surface area contributed by atoms with Crippen LogP contribution in [0.4, 0.5) is 0 Å². The molecule has 0 aromatic heterocycles. The highest BCUT2D eigenvalue weighted by Crippen LogP contribution is 2.58. The molecule has 0 radical (unpaired) electrons. The van der Waals surface area contributed by atoms with E-state index in [1.165, 1.54) is 7.11 Å². The highest BCUT2D eigenvalue weighted by atomic mass is 16.6. The predicted octanol–water partition coefficient (Wildman–Crippen LogP) is 3.66. The summed E-state index contributed by atoms with van der Waals surface area (Å²) in [6.07, 6.45) is 6.29. The summed E-state index contributed by atoms with van der Waals surface area (Å²) in [4.78, 5) is 37.8. The van der Waals surface area contributed by atoms with E-state index in [2.05, 4.69) is 13.8 Å². The minimum Gasteiger partial charge on any atom is -0.493 e. The van der Waals surface area contributed by atoms with Gasteiger partial charge in [0.25, 0.3) is 0 Å². The molecule has 8 nitrogen and oxygen atoms in total. The number of fused-ring (bicyclic) bond motifs is 1. The van der Waals surface area contributed by atoms with Crippen LogP contribution in [0.3, 0.4) is 0 Å². The van der Waals surface area contributed by atoms with E-state index < -0.39 is 24.0 Å². The van der Waals surface area contributed by atoms with Crippen LogP contribution in [-0.4, -0.2) is 36.9 Å². The molecule has 0 aliphatic heterocycles. The third kappa shape index (κ3) is 5.39. The van der Waals surface area contributed by atoms with Gasteiger partial charge < -0.3 is 25.7 Å². The van der Waals surface area contributed by atoms with Crippen molar-refractivity contribution in [1.29, 1.82) is 0 Å². The Kier molecular flexibility index (Phi) is 8.10. The third-order valence-electron chi connectivity index (χ3n) is 7.45. The maximum Gasteiger partial charge on any atom is 0.328 e. The summed E-state index contributed by atoms with van der Waals surface area (Å²) >= 11 is 0. The summed E-state index contributed by atoms with van der Waals surface area (Å²) in [5.74, 6) is -0.972. The molecule has 1 saturated carbocycles. The van der Waals surface area contributed by atoms with Crippen molar-refractivity contribution in [1.82, 2.24) is 0 Å². The molecule has 1 fully saturated rings. The number of rotatable bonds is 9. The first-order valence-corrected chi connectivity index (χ1v) is 12.4. The van der Waals surface area contributed by atoms with E-state index in [-0.39, 0.29) is 46.2 Å². The molecule has 2 bridgehead atoms. The Hall–Kier alpha value is -2.97. The number of carbonyl (C=O) groups excluding carboxylic acids is 3. The summed E-state index contributed by atoms with van der Waals surface area (Å²) in [5.41, 5.74) is 13.5. The van der Waals surface area contributed by atoms with Crippen LogP contribution in [0.5, 0.6) is 17.2 Å². The van der Waals surface area contributed by atoms with Crippen molar-refractivity contribution in [3.63, 3.8) is 0 Å². The molecule has 0 amide bonds. The van der Waals surface area contributed by atoms with Gasteiger partial charge in [0.2, 0.25) is 5.75 Å². The lowest BCUT2D eigenvalue weighted by molar-refractivity contribution is -0.139. The van der Waals surface area contributed by atoms with E-state index in [9.17, 15) is 14.4 Å². The summed E-state index contributed by atoms with van der Waals surface area (Å²) in [6, 6.07) is 1.50. The SMILES string of the molecule is COc1cc(/C=C/C2=CC(=O)[C@H]3C[C@@H]2C3(C)C)cc(OC(=O)C(N)C(C)C)c1OC(=O)C(N)C(C)C. The van der Waals surface area contributed by atoms with Gasteiger partial charge in [0, 0.05) is 5.92 Å². The zero-order valence-electron chi connectivity index (χ0n) is 22.2. The predicted molar refractivity (Wildman–Crippen MR) is 137 cm³/mol. The van der Waals surface area contributed by atoms with Crippen LogP contribution >= 0.6 is 0 Å². The lowest BCUT2D eigenvalue weighted by atomic mass is 9.48. The van der Waals surface area contributed by atoms with E-state index in [1.807, 2.05) is 12.2 Å². The maximum absolute atomic E-state index is 12.7. The van der Waals surface area contributed by atoms with E-state index in [1.54, 1.807) is 45.9 Å². The molecule has 4 atom stereocenters. The van der Waals surface area contributed by atoms with Gasteiger partial charge in [0.05, 0.1) is 7.11 Å². The molecular weight excluding hydrogens is 460 g/mol. The van der Waals surface area contributed by atoms with Gasteiger partial charge in [-0.2, -0.15) is 0 Å². The number of nitrogens with two attached hydrogens (primary N) is 2. The fraction of sp³-hybridized carbons (Fsp3) is 0.536. The molecule has 196 valence electrons. The normalized spacial score (nSPS) is 22.2. The number of benzene rings is 1. The average molecular weight is 499 g/mol. The van der Waals surface area contributed by atoms with Gasteiger partial charge >= 0.3 is 11.9 Å². The van der Waals surface area contributed by atoms with Crippen LogP contribution in [0.15, 0.2) is 29.9 Å². The number of ether oxygens (including phenoxy) is 3. The maximum atomic E-state index is 12.7. The van der Waals surface area contributed by atoms with Crippen LogP contribution in [0.2, 0.25) is 0 Å². The quantitative estimate of drug-likeness (QED) is 0.390. The van der Waals surface area contributed by atoms with Gasteiger partial charge in [-0.3, -0.25) is 4.79 Å². The van der Waals surface area contributed by atoms with Crippen molar-refractivity contribution in [2.45, 2.75) is 60.0 Å². The first-order valence-electron chi connectivity index (χ1n) is 12.4. The number of hydrogen-bond acceptors (Lipinski definition) is 8. The van der Waals surface area contributed by atoms with Gasteiger partial charge in [0.15, 0.2) is 17.3 Å². The van der Waals surface area contributed by atoms with Crippen molar-refractivity contribution in [2.24, 2.45) is 40.6 Å². The first-order chi connectivity index (χ1) is 16.8. The van der Waals surface area contributed by atoms with Crippen LogP contribution in [0, 0.1) is 29.1 Å². The second-order valence-corrected chi connectivity index (χ2v) is 11.0. The second-order valence-electron chi connectivity index (χ2n) is 11.0. The topological polar surface area (TPSA) is 131 Å². The van der Waals surface area contributed by atoms with E-state index in [4.69, 9.17) is 25.7 Å². The zero-order chi connectivity index (χ0) is 26.9. The molecule has 0 saturated heterocycles. The Bertz CT molecular complexity index is 1100. The summed E-state index contributed by atoms with van der Waals surface area (Å²) in [6.45, 7) is 11.5. The summed E-state index contributed by atoms with van der Waals surface area (Å²) in [5, 5.41) is 0. The van der Waals surface area contributed by atoms with Crippen molar-refractivity contribution >= 4 is 23.8 Å². The molecule has 0 heterocycles. The fourth-order valence-electron chi connectivity index (χ4n) is 4.61. The van der Waals surface area contributed by atoms with E-state index in [0.717, 1.165) is 12.0 Å². The summed E-state index contributed by atoms with van der Waals surface area (Å²) in [7, 11) is 1.42. The van der Waals surface area contributed by atoms with Gasteiger partial charge in [-0.15, -0.1) is 0 Å². The molecule has 4 N–H and O–H groups in total.